The van der Waals surface area contributed by atoms with Crippen molar-refractivity contribution in [2.75, 3.05) is 10.6 Å². The summed E-state index contributed by atoms with van der Waals surface area (Å²) in [5.74, 6) is 0.473. The smallest absolute Gasteiger partial charge is 0.258 e. The molecule has 3 aromatic heterocycles. The van der Waals surface area contributed by atoms with E-state index < -0.39 is 0 Å². The van der Waals surface area contributed by atoms with Crippen molar-refractivity contribution in [3.05, 3.63) is 60.2 Å². The first-order valence-electron chi connectivity index (χ1n) is 9.77. The van der Waals surface area contributed by atoms with Gasteiger partial charge in [0.15, 0.2) is 5.65 Å². The van der Waals surface area contributed by atoms with Crippen LogP contribution in [0, 0.1) is 0 Å². The van der Waals surface area contributed by atoms with Gasteiger partial charge in [-0.05, 0) is 38.5 Å². The fourth-order valence-electron chi connectivity index (χ4n) is 3.12. The highest BCUT2D eigenvalue weighted by Gasteiger charge is 2.13. The fourth-order valence-corrected chi connectivity index (χ4v) is 3.12. The highest BCUT2D eigenvalue weighted by molar-refractivity contribution is 6.03. The van der Waals surface area contributed by atoms with Crippen molar-refractivity contribution in [1.29, 1.82) is 0 Å². The number of fused-ring (bicyclic) bond motifs is 1. The van der Waals surface area contributed by atoms with Crippen LogP contribution in [-0.2, 0) is 7.05 Å². The molecule has 0 aliphatic rings. The Kier molecular flexibility index (Phi) is 5.18. The molecule has 0 spiro atoms. The summed E-state index contributed by atoms with van der Waals surface area (Å²) in [7, 11) is 1.83. The minimum Gasteiger partial charge on any atom is -0.362 e. The lowest BCUT2D eigenvalue weighted by Gasteiger charge is -2.16. The number of rotatable bonds is 6. The van der Waals surface area contributed by atoms with E-state index in [0.717, 1.165) is 22.4 Å². The molecule has 1 aromatic carbocycles. The Hall–Kier alpha value is -3.75. The van der Waals surface area contributed by atoms with Crippen LogP contribution in [0.25, 0.3) is 11.2 Å². The average Bonchev–Trinajstić information content (AvgIpc) is 3.36. The van der Waals surface area contributed by atoms with Gasteiger partial charge < -0.3 is 10.6 Å². The maximum atomic E-state index is 12.5. The number of aromatic nitrogens is 6. The third kappa shape index (κ3) is 4.00. The lowest BCUT2D eigenvalue weighted by molar-refractivity contribution is 0.102. The molecule has 154 valence electrons. The van der Waals surface area contributed by atoms with Crippen molar-refractivity contribution in [3.8, 4) is 0 Å². The highest BCUT2D eigenvalue weighted by atomic mass is 16.1. The van der Waals surface area contributed by atoms with E-state index in [0.29, 0.717) is 11.4 Å². The largest absolute Gasteiger partial charge is 0.362 e. The van der Waals surface area contributed by atoms with Crippen molar-refractivity contribution in [2.24, 2.45) is 7.05 Å². The number of anilines is 2. The van der Waals surface area contributed by atoms with Crippen molar-refractivity contribution in [2.45, 2.75) is 32.9 Å². The van der Waals surface area contributed by atoms with Crippen LogP contribution in [0.5, 0.6) is 0 Å². The molecule has 3 heterocycles. The number of carbonyl (C=O) groups excluding carboxylic acids is 1. The molecule has 0 saturated carbocycles. The second-order valence-electron chi connectivity index (χ2n) is 7.48. The zero-order chi connectivity index (χ0) is 21.3. The normalized spacial score (nSPS) is 12.3. The van der Waals surface area contributed by atoms with Crippen LogP contribution in [-0.4, -0.2) is 35.4 Å². The van der Waals surface area contributed by atoms with Crippen molar-refractivity contribution >= 4 is 28.6 Å². The van der Waals surface area contributed by atoms with Gasteiger partial charge in [0.1, 0.15) is 11.3 Å². The molecule has 0 fully saturated rings. The molecule has 4 rings (SSSR count). The highest BCUT2D eigenvalue weighted by Crippen LogP contribution is 2.22. The summed E-state index contributed by atoms with van der Waals surface area (Å²) in [6, 6.07) is 7.89. The number of nitrogens with zero attached hydrogens (tertiary/aromatic N) is 6. The maximum Gasteiger partial charge on any atom is 0.258 e. The zero-order valence-electron chi connectivity index (χ0n) is 17.4. The van der Waals surface area contributed by atoms with E-state index in [2.05, 4.69) is 30.8 Å². The molecule has 9 heteroatoms. The molecular weight excluding hydrogens is 380 g/mol. The Balaban J connectivity index is 1.47. The van der Waals surface area contributed by atoms with Gasteiger partial charge in [0.25, 0.3) is 5.91 Å². The van der Waals surface area contributed by atoms with Gasteiger partial charge in [0.2, 0.25) is 0 Å². The van der Waals surface area contributed by atoms with Gasteiger partial charge in [0.05, 0.1) is 30.2 Å². The lowest BCUT2D eigenvalue weighted by Crippen LogP contribution is -2.13. The van der Waals surface area contributed by atoms with Gasteiger partial charge in [0, 0.05) is 25.0 Å². The minimum absolute atomic E-state index is 0.0366. The molecule has 30 heavy (non-hydrogen) atoms. The van der Waals surface area contributed by atoms with E-state index in [-0.39, 0.29) is 18.0 Å². The van der Waals surface area contributed by atoms with E-state index in [9.17, 15) is 4.79 Å². The standard InChI is InChI=1S/C21H24N8O/c1-13(2)29-12-16(9-24-29)21(30)26-17-7-5-6-15(8-17)14(3)25-19-11-22-18-10-23-28(4)20(18)27-19/h5-14H,1-4H3,(H,25,27)(H,26,30)/t14-/m0/s1. The number of aryl methyl sites for hydroxylation is 1. The van der Waals surface area contributed by atoms with Gasteiger partial charge in [-0.1, -0.05) is 12.1 Å². The molecule has 1 amide bonds. The van der Waals surface area contributed by atoms with E-state index >= 15 is 0 Å². The maximum absolute atomic E-state index is 12.5. The van der Waals surface area contributed by atoms with Gasteiger partial charge in [-0.15, -0.1) is 0 Å². The molecule has 9 nitrogen and oxygen atoms in total. The van der Waals surface area contributed by atoms with E-state index in [4.69, 9.17) is 0 Å². The molecule has 0 bridgehead atoms. The van der Waals surface area contributed by atoms with Gasteiger partial charge in [-0.2, -0.15) is 10.2 Å². The first-order chi connectivity index (χ1) is 14.4. The number of amides is 1. The monoisotopic (exact) mass is 404 g/mol. The molecule has 0 saturated heterocycles. The van der Waals surface area contributed by atoms with Crippen molar-refractivity contribution in [1.82, 2.24) is 29.5 Å². The summed E-state index contributed by atoms with van der Waals surface area (Å²) in [6.07, 6.45) is 6.71. The van der Waals surface area contributed by atoms with Crippen molar-refractivity contribution < 1.29 is 4.79 Å². The first-order valence-corrected chi connectivity index (χ1v) is 9.77. The van der Waals surface area contributed by atoms with Crippen molar-refractivity contribution in [3.63, 3.8) is 0 Å². The second kappa shape index (κ2) is 7.94. The predicted octanol–water partition coefficient (Wildman–Crippen LogP) is 3.57. The van der Waals surface area contributed by atoms with Crippen LogP contribution in [0.15, 0.2) is 49.1 Å². The minimum atomic E-state index is -0.188. The average molecular weight is 404 g/mol. The van der Waals surface area contributed by atoms with Crippen LogP contribution in [0.3, 0.4) is 0 Å². The fraction of sp³-hybridized carbons (Fsp3) is 0.286. The number of nitrogens with one attached hydrogen (secondary N) is 2. The van der Waals surface area contributed by atoms with Crippen LogP contribution in [0.4, 0.5) is 11.5 Å². The summed E-state index contributed by atoms with van der Waals surface area (Å²) < 4.78 is 3.45. The first kappa shape index (κ1) is 19.6. The zero-order valence-corrected chi connectivity index (χ0v) is 17.4. The number of carbonyl (C=O) groups is 1. The predicted molar refractivity (Wildman–Crippen MR) is 115 cm³/mol. The topological polar surface area (TPSA) is 103 Å². The summed E-state index contributed by atoms with van der Waals surface area (Å²) in [5, 5.41) is 14.7. The Labute approximate surface area is 174 Å². The Morgan fingerprint density at radius 3 is 2.70 bits per heavy atom. The molecule has 4 aromatic rings. The number of benzene rings is 1. The molecule has 0 aliphatic carbocycles. The molecule has 0 unspecified atom stereocenters. The second-order valence-corrected chi connectivity index (χ2v) is 7.48. The summed E-state index contributed by atoms with van der Waals surface area (Å²) in [6.45, 7) is 6.06. The third-order valence-corrected chi connectivity index (χ3v) is 4.84. The quantitative estimate of drug-likeness (QED) is 0.509. The summed E-state index contributed by atoms with van der Waals surface area (Å²) in [5.41, 5.74) is 3.73. The molecular formula is C21H24N8O. The van der Waals surface area contributed by atoms with Gasteiger partial charge in [-0.3, -0.25) is 9.48 Å². The summed E-state index contributed by atoms with van der Waals surface area (Å²) >= 11 is 0. The molecule has 0 radical (unpaired) electrons. The van der Waals surface area contributed by atoms with Crippen LogP contribution in [0.1, 0.15) is 48.8 Å². The van der Waals surface area contributed by atoms with Crippen LogP contribution in [0.2, 0.25) is 0 Å². The van der Waals surface area contributed by atoms with Gasteiger partial charge >= 0.3 is 0 Å². The van der Waals surface area contributed by atoms with E-state index in [1.807, 2.05) is 52.1 Å². The lowest BCUT2D eigenvalue weighted by atomic mass is 10.1. The number of hydrogen-bond acceptors (Lipinski definition) is 6. The van der Waals surface area contributed by atoms with E-state index in [1.165, 1.54) is 0 Å². The molecule has 0 aliphatic heterocycles. The molecule has 1 atom stereocenters. The number of hydrogen-bond donors (Lipinski definition) is 2. The molecule has 2 N–H and O–H groups in total. The van der Waals surface area contributed by atoms with Crippen LogP contribution < -0.4 is 10.6 Å². The summed E-state index contributed by atoms with van der Waals surface area (Å²) in [4.78, 5) is 21.5. The Morgan fingerprint density at radius 1 is 1.10 bits per heavy atom. The Bertz CT molecular complexity index is 1190. The SMILES string of the molecule is CC(C)n1cc(C(=O)Nc2cccc([C@H](C)Nc3cnc4cnn(C)c4n3)c2)cn1. The van der Waals surface area contributed by atoms with Gasteiger partial charge in [-0.25, -0.2) is 14.6 Å². The van der Waals surface area contributed by atoms with E-state index in [1.54, 1.807) is 34.2 Å². The third-order valence-electron chi connectivity index (χ3n) is 4.84. The van der Waals surface area contributed by atoms with Crippen LogP contribution >= 0.6 is 0 Å². The Morgan fingerprint density at radius 2 is 1.93 bits per heavy atom.